The molecule has 0 atom stereocenters. The Kier molecular flexibility index (Phi) is 6.57. The van der Waals surface area contributed by atoms with Crippen LogP contribution in [0.5, 0.6) is 0 Å². The number of aromatic nitrogens is 2. The fourth-order valence-corrected chi connectivity index (χ4v) is 4.29. The second-order valence-electron chi connectivity index (χ2n) is 7.43. The maximum atomic E-state index is 11.2. The van der Waals surface area contributed by atoms with E-state index in [1.165, 1.54) is 35.7 Å². The summed E-state index contributed by atoms with van der Waals surface area (Å²) in [6.07, 6.45) is 8.30. The molecule has 2 heterocycles. The van der Waals surface area contributed by atoms with Crippen LogP contribution in [0.3, 0.4) is 0 Å². The number of H-pyrrole nitrogens is 1. The second-order valence-corrected chi connectivity index (χ2v) is 9.26. The molecule has 6 nitrogen and oxygen atoms in total. The van der Waals surface area contributed by atoms with Gasteiger partial charge in [-0.05, 0) is 43.7 Å². The van der Waals surface area contributed by atoms with Crippen molar-refractivity contribution in [1.82, 2.24) is 14.7 Å². The molecule has 0 saturated carbocycles. The topological polar surface area (TPSA) is 101 Å². The number of hydrogen-bond acceptors (Lipinski definition) is 4. The van der Waals surface area contributed by atoms with Crippen molar-refractivity contribution >= 4 is 37.6 Å². The number of pyridine rings is 1. The minimum absolute atomic E-state index is 0.469. The summed E-state index contributed by atoms with van der Waals surface area (Å²) in [5.74, 6) is 0.537. The minimum Gasteiger partial charge on any atom is -0.382 e. The number of nitrogens with zero attached hydrogens (tertiary/aromatic N) is 1. The molecule has 0 spiro atoms. The lowest BCUT2D eigenvalue weighted by Gasteiger charge is -2.08. The van der Waals surface area contributed by atoms with Crippen LogP contribution in [0.15, 0.2) is 24.3 Å². The first-order valence-corrected chi connectivity index (χ1v) is 11.9. The summed E-state index contributed by atoms with van der Waals surface area (Å²) in [6, 6.07) is 8.10. The normalized spacial score (nSPS) is 12.2. The van der Waals surface area contributed by atoms with Gasteiger partial charge in [0.25, 0.3) is 0 Å². The Hall–Kier alpha value is -2.12. The molecule has 0 radical (unpaired) electrons. The number of sulfonamides is 1. The molecule has 0 fully saturated rings. The van der Waals surface area contributed by atoms with Crippen molar-refractivity contribution in [3.05, 3.63) is 35.5 Å². The van der Waals surface area contributed by atoms with Gasteiger partial charge in [-0.2, -0.15) is 0 Å². The van der Waals surface area contributed by atoms with Gasteiger partial charge in [0, 0.05) is 23.0 Å². The first-order chi connectivity index (χ1) is 13.4. The van der Waals surface area contributed by atoms with E-state index >= 15 is 0 Å². The van der Waals surface area contributed by atoms with Gasteiger partial charge in [0.2, 0.25) is 10.0 Å². The summed E-state index contributed by atoms with van der Waals surface area (Å²) in [5, 5.41) is 2.29. The molecule has 0 bridgehead atoms. The third kappa shape index (κ3) is 4.83. The van der Waals surface area contributed by atoms with Crippen LogP contribution in [0.25, 0.3) is 21.8 Å². The van der Waals surface area contributed by atoms with E-state index in [0.29, 0.717) is 12.4 Å². The molecular weight excluding hydrogens is 372 g/mol. The number of nitrogen functional groups attached to an aromatic ring is 1. The molecule has 4 N–H and O–H groups in total. The van der Waals surface area contributed by atoms with Crippen LogP contribution in [0.2, 0.25) is 0 Å². The lowest BCUT2D eigenvalue weighted by atomic mass is 9.99. The number of fused-ring (bicyclic) bond motifs is 3. The van der Waals surface area contributed by atoms with Gasteiger partial charge in [-0.3, -0.25) is 0 Å². The number of aromatic amines is 1. The van der Waals surface area contributed by atoms with E-state index in [4.69, 9.17) is 5.73 Å². The maximum Gasteiger partial charge on any atom is 0.208 e. The molecular formula is C21H30N4O2S. The first kappa shape index (κ1) is 20.6. The fourth-order valence-electron chi connectivity index (χ4n) is 3.77. The second kappa shape index (κ2) is 8.92. The lowest BCUT2D eigenvalue weighted by molar-refractivity contribution is 0.582. The number of unbranched alkanes of at least 4 members (excludes halogenated alkanes) is 3. The van der Waals surface area contributed by atoms with Crippen LogP contribution in [0.4, 0.5) is 5.82 Å². The van der Waals surface area contributed by atoms with Crippen molar-refractivity contribution in [1.29, 1.82) is 0 Å². The van der Waals surface area contributed by atoms with Crippen molar-refractivity contribution in [2.45, 2.75) is 51.9 Å². The Bertz CT molecular complexity index is 1060. The number of aryl methyl sites for hydroxylation is 2. The van der Waals surface area contributed by atoms with Crippen molar-refractivity contribution < 1.29 is 8.42 Å². The Labute approximate surface area is 167 Å². The number of hydrogen-bond donors (Lipinski definition) is 3. The number of para-hydroxylation sites is 1. The highest BCUT2D eigenvalue weighted by molar-refractivity contribution is 7.88. The standard InChI is InChI=1S/C21H30N4O2S/c1-3-4-5-12-17-15(11-8-9-14-23-28(2,26)27)19-16-10-6-7-13-18(16)25-21(22)20(19)24-17/h6-7,10,13,23-24H,3-5,8-9,11-12,14H2,1-2H3,(H2,22,25). The molecule has 152 valence electrons. The van der Waals surface area contributed by atoms with Crippen molar-refractivity contribution in [2.24, 2.45) is 0 Å². The monoisotopic (exact) mass is 402 g/mol. The zero-order valence-electron chi connectivity index (χ0n) is 16.7. The third-order valence-electron chi connectivity index (χ3n) is 5.11. The Morgan fingerprint density at radius 1 is 1.11 bits per heavy atom. The van der Waals surface area contributed by atoms with Gasteiger partial charge in [0.05, 0.1) is 17.3 Å². The highest BCUT2D eigenvalue weighted by Crippen LogP contribution is 2.34. The molecule has 7 heteroatoms. The zero-order chi connectivity index (χ0) is 20.1. The Morgan fingerprint density at radius 2 is 1.86 bits per heavy atom. The predicted octanol–water partition coefficient (Wildman–Crippen LogP) is 3.90. The van der Waals surface area contributed by atoms with E-state index < -0.39 is 10.0 Å². The number of nitrogens with two attached hydrogens (primary N) is 1. The number of nitrogens with one attached hydrogen (secondary N) is 2. The van der Waals surface area contributed by atoms with E-state index in [0.717, 1.165) is 48.5 Å². The molecule has 3 aromatic rings. The van der Waals surface area contributed by atoms with E-state index in [-0.39, 0.29) is 0 Å². The van der Waals surface area contributed by atoms with Gasteiger partial charge in [-0.25, -0.2) is 18.1 Å². The van der Waals surface area contributed by atoms with Gasteiger partial charge < -0.3 is 10.7 Å². The van der Waals surface area contributed by atoms with Crippen LogP contribution in [-0.4, -0.2) is 31.2 Å². The highest BCUT2D eigenvalue weighted by Gasteiger charge is 2.17. The van der Waals surface area contributed by atoms with E-state index in [9.17, 15) is 8.42 Å². The number of anilines is 1. The van der Waals surface area contributed by atoms with E-state index in [2.05, 4.69) is 27.7 Å². The van der Waals surface area contributed by atoms with Crippen LogP contribution in [0.1, 0.15) is 50.3 Å². The highest BCUT2D eigenvalue weighted by atomic mass is 32.2. The lowest BCUT2D eigenvalue weighted by Crippen LogP contribution is -2.22. The largest absolute Gasteiger partial charge is 0.382 e. The van der Waals surface area contributed by atoms with Gasteiger partial charge >= 0.3 is 0 Å². The van der Waals surface area contributed by atoms with Crippen LogP contribution in [0, 0.1) is 0 Å². The number of rotatable bonds is 10. The average Bonchev–Trinajstić information content (AvgIpc) is 3.00. The molecule has 3 rings (SSSR count). The molecule has 0 aliphatic carbocycles. The molecule has 1 aromatic carbocycles. The molecule has 0 aliphatic rings. The number of benzene rings is 1. The molecule has 0 unspecified atom stereocenters. The smallest absolute Gasteiger partial charge is 0.208 e. The average molecular weight is 403 g/mol. The first-order valence-electron chi connectivity index (χ1n) is 10.0. The van der Waals surface area contributed by atoms with Gasteiger partial charge in [-0.1, -0.05) is 38.0 Å². The van der Waals surface area contributed by atoms with Crippen molar-refractivity contribution in [2.75, 3.05) is 18.5 Å². The summed E-state index contributed by atoms with van der Waals surface area (Å²) >= 11 is 0. The summed E-state index contributed by atoms with van der Waals surface area (Å²) in [5.41, 5.74) is 10.6. The third-order valence-corrected chi connectivity index (χ3v) is 5.84. The summed E-state index contributed by atoms with van der Waals surface area (Å²) in [4.78, 5) is 8.11. The molecule has 28 heavy (non-hydrogen) atoms. The van der Waals surface area contributed by atoms with Crippen molar-refractivity contribution in [3.63, 3.8) is 0 Å². The van der Waals surface area contributed by atoms with Crippen molar-refractivity contribution in [3.8, 4) is 0 Å². The molecule has 0 aliphatic heterocycles. The fraction of sp³-hybridized carbons (Fsp3) is 0.476. The predicted molar refractivity (Wildman–Crippen MR) is 117 cm³/mol. The van der Waals surface area contributed by atoms with Crippen LogP contribution in [-0.2, 0) is 22.9 Å². The summed E-state index contributed by atoms with van der Waals surface area (Å²) in [7, 11) is -3.13. The van der Waals surface area contributed by atoms with Crippen LogP contribution < -0.4 is 10.5 Å². The van der Waals surface area contributed by atoms with Gasteiger partial charge in [0.15, 0.2) is 0 Å². The quantitative estimate of drug-likeness (QED) is 0.448. The van der Waals surface area contributed by atoms with E-state index in [1.807, 2.05) is 18.2 Å². The van der Waals surface area contributed by atoms with Crippen LogP contribution >= 0.6 is 0 Å². The van der Waals surface area contributed by atoms with E-state index in [1.54, 1.807) is 0 Å². The molecule has 2 aromatic heterocycles. The Morgan fingerprint density at radius 3 is 2.61 bits per heavy atom. The Balaban J connectivity index is 1.93. The summed E-state index contributed by atoms with van der Waals surface area (Å²) < 4.78 is 25.1. The SMILES string of the molecule is CCCCCc1[nH]c2c(N)nc3ccccc3c2c1CCCCNS(C)(=O)=O. The molecule has 0 amide bonds. The minimum atomic E-state index is -3.13. The molecule has 0 saturated heterocycles. The summed E-state index contributed by atoms with van der Waals surface area (Å²) in [6.45, 7) is 2.67. The maximum absolute atomic E-state index is 11.2. The zero-order valence-corrected chi connectivity index (χ0v) is 17.5. The van der Waals surface area contributed by atoms with Gasteiger partial charge in [0.1, 0.15) is 5.82 Å². The van der Waals surface area contributed by atoms with Gasteiger partial charge in [-0.15, -0.1) is 0 Å².